The summed E-state index contributed by atoms with van der Waals surface area (Å²) < 4.78 is 5.34. The molecule has 2 aliphatic rings. The minimum Gasteiger partial charge on any atom is -0.378 e. The number of fused-ring (bicyclic) bond motifs is 2. The number of pyridine rings is 1. The third-order valence-corrected chi connectivity index (χ3v) is 6.31. The predicted octanol–water partition coefficient (Wildman–Crippen LogP) is 4.15. The van der Waals surface area contributed by atoms with Crippen LogP contribution in [0.25, 0.3) is 10.9 Å². The van der Waals surface area contributed by atoms with Crippen molar-refractivity contribution < 1.29 is 14.3 Å². The number of anilines is 1. The van der Waals surface area contributed by atoms with Crippen LogP contribution >= 0.6 is 0 Å². The van der Waals surface area contributed by atoms with Gasteiger partial charge in [0.05, 0.1) is 24.3 Å². The molecule has 1 N–H and O–H groups in total. The fraction of sp³-hybridized carbons (Fsp3) is 0.346. The molecule has 5 rings (SSSR count). The van der Waals surface area contributed by atoms with Crippen molar-refractivity contribution in [3.63, 3.8) is 0 Å². The second-order valence-electron chi connectivity index (χ2n) is 8.58. The van der Waals surface area contributed by atoms with Gasteiger partial charge < -0.3 is 15.0 Å². The molecule has 0 saturated carbocycles. The molecule has 164 valence electrons. The van der Waals surface area contributed by atoms with Crippen LogP contribution in [0.5, 0.6) is 0 Å². The summed E-state index contributed by atoms with van der Waals surface area (Å²) in [5.41, 5.74) is 5.97. The fourth-order valence-corrected chi connectivity index (χ4v) is 4.67. The highest BCUT2D eigenvalue weighted by Gasteiger charge is 2.24. The van der Waals surface area contributed by atoms with E-state index >= 15 is 0 Å². The number of hydrogen-bond donors (Lipinski definition) is 1. The molecule has 0 radical (unpaired) electrons. The van der Waals surface area contributed by atoms with Gasteiger partial charge in [0, 0.05) is 35.4 Å². The van der Waals surface area contributed by atoms with Gasteiger partial charge in [-0.25, -0.2) is 0 Å². The minimum atomic E-state index is -0.142. The van der Waals surface area contributed by atoms with E-state index in [0.29, 0.717) is 37.6 Å². The average molecular weight is 430 g/mol. The molecule has 2 amide bonds. The molecule has 6 nitrogen and oxygen atoms in total. The Morgan fingerprint density at radius 1 is 1.03 bits per heavy atom. The van der Waals surface area contributed by atoms with Gasteiger partial charge in [0.25, 0.3) is 11.8 Å². The summed E-state index contributed by atoms with van der Waals surface area (Å²) >= 11 is 0. The number of ether oxygens (including phenoxy) is 1. The van der Waals surface area contributed by atoms with Gasteiger partial charge in [-0.1, -0.05) is 17.7 Å². The molecule has 1 aliphatic heterocycles. The zero-order chi connectivity index (χ0) is 22.1. The zero-order valence-corrected chi connectivity index (χ0v) is 18.3. The molecule has 6 heteroatoms. The molecule has 1 saturated heterocycles. The second kappa shape index (κ2) is 8.71. The van der Waals surface area contributed by atoms with Crippen LogP contribution in [-0.4, -0.2) is 48.0 Å². The van der Waals surface area contributed by atoms with E-state index in [9.17, 15) is 9.59 Å². The first-order chi connectivity index (χ1) is 15.6. The molecular weight excluding hydrogens is 402 g/mol. The number of benzene rings is 2. The summed E-state index contributed by atoms with van der Waals surface area (Å²) in [4.78, 5) is 33.1. The number of rotatable bonds is 3. The number of nitrogens with zero attached hydrogens (tertiary/aromatic N) is 2. The third-order valence-electron chi connectivity index (χ3n) is 6.31. The molecule has 0 bridgehead atoms. The van der Waals surface area contributed by atoms with Gasteiger partial charge in [0.15, 0.2) is 0 Å². The topological polar surface area (TPSA) is 71.5 Å². The molecule has 1 aromatic heterocycles. The first-order valence-electron chi connectivity index (χ1n) is 11.3. The van der Waals surface area contributed by atoms with Gasteiger partial charge in [-0.05, 0) is 68.5 Å². The molecule has 0 unspecified atom stereocenters. The Bertz CT molecular complexity index is 1200. The number of carbonyl (C=O) groups is 2. The summed E-state index contributed by atoms with van der Waals surface area (Å²) in [5, 5.41) is 3.95. The summed E-state index contributed by atoms with van der Waals surface area (Å²) in [6, 6.07) is 13.3. The molecule has 1 fully saturated rings. The molecule has 3 aromatic rings. The van der Waals surface area contributed by atoms with Gasteiger partial charge in [-0.15, -0.1) is 0 Å². The largest absolute Gasteiger partial charge is 0.378 e. The Morgan fingerprint density at radius 2 is 1.84 bits per heavy atom. The van der Waals surface area contributed by atoms with Crippen molar-refractivity contribution in [1.82, 2.24) is 9.88 Å². The molecule has 2 heterocycles. The quantitative estimate of drug-likeness (QED) is 0.679. The summed E-state index contributed by atoms with van der Waals surface area (Å²) in [6.45, 7) is 4.32. The number of aryl methyl sites for hydroxylation is 2. The van der Waals surface area contributed by atoms with Crippen molar-refractivity contribution in [2.24, 2.45) is 0 Å². The highest BCUT2D eigenvalue weighted by Crippen LogP contribution is 2.30. The van der Waals surface area contributed by atoms with E-state index in [-0.39, 0.29) is 11.8 Å². The number of carbonyl (C=O) groups excluding carboxylic acids is 2. The maximum absolute atomic E-state index is 13.5. The van der Waals surface area contributed by atoms with Crippen LogP contribution in [-0.2, 0) is 17.6 Å². The highest BCUT2D eigenvalue weighted by molar-refractivity contribution is 6.14. The van der Waals surface area contributed by atoms with Crippen molar-refractivity contribution >= 4 is 28.4 Å². The van der Waals surface area contributed by atoms with Crippen LogP contribution < -0.4 is 5.32 Å². The lowest BCUT2D eigenvalue weighted by Crippen LogP contribution is -2.40. The van der Waals surface area contributed by atoms with E-state index < -0.39 is 0 Å². The van der Waals surface area contributed by atoms with Crippen molar-refractivity contribution in [3.05, 3.63) is 70.4 Å². The Kier molecular flexibility index (Phi) is 5.62. The molecule has 0 spiro atoms. The third kappa shape index (κ3) is 3.98. The van der Waals surface area contributed by atoms with Crippen LogP contribution in [0.3, 0.4) is 0 Å². The lowest BCUT2D eigenvalue weighted by atomic mass is 9.89. The van der Waals surface area contributed by atoms with E-state index in [2.05, 4.69) is 5.32 Å². The Labute approximate surface area is 187 Å². The summed E-state index contributed by atoms with van der Waals surface area (Å²) in [7, 11) is 0. The van der Waals surface area contributed by atoms with Crippen LogP contribution in [0.4, 0.5) is 5.69 Å². The Morgan fingerprint density at radius 3 is 2.69 bits per heavy atom. The van der Waals surface area contributed by atoms with Crippen molar-refractivity contribution in [1.29, 1.82) is 0 Å². The van der Waals surface area contributed by atoms with Crippen molar-refractivity contribution in [2.45, 2.75) is 32.6 Å². The van der Waals surface area contributed by atoms with E-state index in [0.717, 1.165) is 59.0 Å². The van der Waals surface area contributed by atoms with Gasteiger partial charge in [-0.2, -0.15) is 0 Å². The standard InChI is InChI=1S/C26H27N3O3/c1-17-9-10-23-21(15-17)24(20-7-2-3-8-22(20)28-23)25(30)27-19-6-4-5-18(16-19)26(31)29-11-13-32-14-12-29/h4-6,9-10,15-16H,2-3,7-8,11-14H2,1H3,(H,27,30). The van der Waals surface area contributed by atoms with Crippen LogP contribution in [0.2, 0.25) is 0 Å². The monoisotopic (exact) mass is 429 g/mol. The smallest absolute Gasteiger partial charge is 0.256 e. The minimum absolute atomic E-state index is 0.0354. The fourth-order valence-electron chi connectivity index (χ4n) is 4.67. The van der Waals surface area contributed by atoms with Crippen molar-refractivity contribution in [2.75, 3.05) is 31.6 Å². The number of hydrogen-bond acceptors (Lipinski definition) is 4. The Hall–Kier alpha value is -3.25. The molecule has 32 heavy (non-hydrogen) atoms. The maximum Gasteiger partial charge on any atom is 0.256 e. The maximum atomic E-state index is 13.5. The van der Waals surface area contributed by atoms with Gasteiger partial charge >= 0.3 is 0 Å². The van der Waals surface area contributed by atoms with E-state index in [1.165, 1.54) is 0 Å². The van der Waals surface area contributed by atoms with Gasteiger partial charge in [0.1, 0.15) is 0 Å². The average Bonchev–Trinajstić information content (AvgIpc) is 2.82. The first-order valence-corrected chi connectivity index (χ1v) is 11.3. The Balaban J connectivity index is 1.48. The lowest BCUT2D eigenvalue weighted by Gasteiger charge is -2.27. The number of aromatic nitrogens is 1. The van der Waals surface area contributed by atoms with E-state index in [1.807, 2.05) is 37.3 Å². The molecular formula is C26H27N3O3. The van der Waals surface area contributed by atoms with Crippen LogP contribution in [0, 0.1) is 6.92 Å². The molecule has 0 atom stereocenters. The summed E-state index contributed by atoms with van der Waals surface area (Å²) in [5.74, 6) is -0.177. The van der Waals surface area contributed by atoms with Gasteiger partial charge in [0.2, 0.25) is 0 Å². The first kappa shape index (κ1) is 20.6. The molecule has 2 aromatic carbocycles. The van der Waals surface area contributed by atoms with Crippen molar-refractivity contribution in [3.8, 4) is 0 Å². The normalized spacial score (nSPS) is 16.0. The predicted molar refractivity (Wildman–Crippen MR) is 124 cm³/mol. The van der Waals surface area contributed by atoms with Crippen LogP contribution in [0.1, 0.15) is 50.4 Å². The molecule has 1 aliphatic carbocycles. The number of morpholine rings is 1. The van der Waals surface area contributed by atoms with E-state index in [1.54, 1.807) is 17.0 Å². The SMILES string of the molecule is Cc1ccc2nc3c(c(C(=O)Nc4cccc(C(=O)N5CCOCC5)c4)c2c1)CCCC3. The summed E-state index contributed by atoms with van der Waals surface area (Å²) in [6.07, 6.45) is 3.94. The highest BCUT2D eigenvalue weighted by atomic mass is 16.5. The second-order valence-corrected chi connectivity index (χ2v) is 8.58. The lowest BCUT2D eigenvalue weighted by molar-refractivity contribution is 0.0303. The number of amides is 2. The van der Waals surface area contributed by atoms with Crippen LogP contribution in [0.15, 0.2) is 42.5 Å². The van der Waals surface area contributed by atoms with Gasteiger partial charge in [-0.3, -0.25) is 14.6 Å². The zero-order valence-electron chi connectivity index (χ0n) is 18.3. The van der Waals surface area contributed by atoms with E-state index in [4.69, 9.17) is 9.72 Å². The number of nitrogens with one attached hydrogen (secondary N) is 1.